The number of fused-ring (bicyclic) bond motifs is 5. The molecule has 4 rings (SSSR count). The zero-order valence-corrected chi connectivity index (χ0v) is 12.3. The number of amides is 2. The molecule has 0 unspecified atom stereocenters. The first-order chi connectivity index (χ1) is 11.0. The lowest BCUT2D eigenvalue weighted by molar-refractivity contribution is -0.384. The SMILES string of the molecule is COc1ccc(N2C(=O)[C@@H]3[C@H](C2=O)[C@H]2C=C[C@H]3C2)c([N+](=O)[O-])c1. The summed E-state index contributed by atoms with van der Waals surface area (Å²) in [5.74, 6) is -0.956. The van der Waals surface area contributed by atoms with Crippen LogP contribution in [0.1, 0.15) is 6.42 Å². The second-order valence-corrected chi connectivity index (χ2v) is 6.12. The van der Waals surface area contributed by atoms with E-state index in [9.17, 15) is 19.7 Å². The Bertz CT molecular complexity index is 742. The number of nitrogens with zero attached hydrogens (tertiary/aromatic N) is 2. The summed E-state index contributed by atoms with van der Waals surface area (Å²) in [5.41, 5.74) is -0.272. The number of carbonyl (C=O) groups excluding carboxylic acids is 2. The van der Waals surface area contributed by atoms with E-state index in [-0.39, 0.29) is 46.9 Å². The Morgan fingerprint density at radius 1 is 1.17 bits per heavy atom. The summed E-state index contributed by atoms with van der Waals surface area (Å²) in [6, 6.07) is 4.16. The largest absolute Gasteiger partial charge is 0.496 e. The van der Waals surface area contributed by atoms with Gasteiger partial charge in [-0.1, -0.05) is 12.2 Å². The molecule has 0 spiro atoms. The maximum Gasteiger partial charge on any atom is 0.297 e. The number of carbonyl (C=O) groups is 2. The van der Waals surface area contributed by atoms with E-state index in [1.807, 2.05) is 12.2 Å². The van der Waals surface area contributed by atoms with Gasteiger partial charge in [-0.05, 0) is 30.4 Å². The highest BCUT2D eigenvalue weighted by atomic mass is 16.6. The molecule has 2 fully saturated rings. The standard InChI is InChI=1S/C16H14N2O5/c1-23-10-4-5-11(12(7-10)18(21)22)17-15(19)13-8-2-3-9(6-8)14(13)16(17)20/h2-5,7-9,13-14H,6H2,1H3/t8-,9-,13-,14+/m0/s1. The fourth-order valence-corrected chi connectivity index (χ4v) is 4.11. The number of anilines is 1. The molecule has 3 aliphatic rings. The highest BCUT2D eigenvalue weighted by Crippen LogP contribution is 2.54. The molecule has 7 nitrogen and oxygen atoms in total. The Morgan fingerprint density at radius 3 is 2.30 bits per heavy atom. The number of ether oxygens (including phenoxy) is 1. The van der Waals surface area contributed by atoms with Gasteiger partial charge in [0.05, 0.1) is 29.9 Å². The maximum absolute atomic E-state index is 12.7. The molecular weight excluding hydrogens is 300 g/mol. The maximum atomic E-state index is 12.7. The number of imide groups is 1. The molecule has 0 N–H and O–H groups in total. The van der Waals surface area contributed by atoms with Gasteiger partial charge in [-0.15, -0.1) is 0 Å². The highest BCUT2D eigenvalue weighted by molar-refractivity contribution is 6.23. The summed E-state index contributed by atoms with van der Waals surface area (Å²) in [6.45, 7) is 0. The first-order valence-electron chi connectivity index (χ1n) is 7.41. The van der Waals surface area contributed by atoms with E-state index in [1.165, 1.54) is 25.3 Å². The van der Waals surface area contributed by atoms with Crippen LogP contribution < -0.4 is 9.64 Å². The fraction of sp³-hybridized carbons (Fsp3) is 0.375. The molecular formula is C16H14N2O5. The Labute approximate surface area is 131 Å². The van der Waals surface area contributed by atoms with E-state index < -0.39 is 4.92 Å². The average Bonchev–Trinajstić information content (AvgIpc) is 3.21. The minimum atomic E-state index is -0.598. The summed E-state index contributed by atoms with van der Waals surface area (Å²) >= 11 is 0. The zero-order valence-electron chi connectivity index (χ0n) is 12.3. The van der Waals surface area contributed by atoms with Crippen molar-refractivity contribution in [2.75, 3.05) is 12.0 Å². The number of hydrogen-bond acceptors (Lipinski definition) is 5. The summed E-state index contributed by atoms with van der Waals surface area (Å²) in [7, 11) is 1.40. The van der Waals surface area contributed by atoms with E-state index in [2.05, 4.69) is 0 Å². The molecule has 1 aliphatic heterocycles. The van der Waals surface area contributed by atoms with Gasteiger partial charge in [0, 0.05) is 0 Å². The van der Waals surface area contributed by atoms with Crippen molar-refractivity contribution in [1.29, 1.82) is 0 Å². The first-order valence-corrected chi connectivity index (χ1v) is 7.41. The van der Waals surface area contributed by atoms with Crippen molar-refractivity contribution in [3.05, 3.63) is 40.5 Å². The average molecular weight is 314 g/mol. The number of nitro benzene ring substituents is 1. The van der Waals surface area contributed by atoms with Gasteiger partial charge in [-0.3, -0.25) is 19.7 Å². The van der Waals surface area contributed by atoms with Gasteiger partial charge in [0.25, 0.3) is 5.69 Å². The van der Waals surface area contributed by atoms with Crippen molar-refractivity contribution in [1.82, 2.24) is 0 Å². The van der Waals surface area contributed by atoms with Crippen LogP contribution in [-0.4, -0.2) is 23.8 Å². The highest BCUT2D eigenvalue weighted by Gasteiger charge is 2.60. The number of rotatable bonds is 3. The number of hydrogen-bond donors (Lipinski definition) is 0. The lowest BCUT2D eigenvalue weighted by Crippen LogP contribution is -2.33. The van der Waals surface area contributed by atoms with Crippen LogP contribution in [0, 0.1) is 33.8 Å². The third-order valence-electron chi connectivity index (χ3n) is 5.09. The normalized spacial score (nSPS) is 30.9. The molecule has 1 saturated carbocycles. The van der Waals surface area contributed by atoms with Crippen molar-refractivity contribution in [3.63, 3.8) is 0 Å². The molecule has 1 aromatic carbocycles. The Hall–Kier alpha value is -2.70. The molecule has 0 radical (unpaired) electrons. The summed E-state index contributed by atoms with van der Waals surface area (Å²) in [5, 5.41) is 11.3. The molecule has 2 amide bonds. The minimum absolute atomic E-state index is 0.0274. The quantitative estimate of drug-likeness (QED) is 0.368. The molecule has 1 aromatic rings. The first kappa shape index (κ1) is 13.9. The molecule has 4 atom stereocenters. The van der Waals surface area contributed by atoms with Crippen molar-refractivity contribution in [2.45, 2.75) is 6.42 Å². The van der Waals surface area contributed by atoms with E-state index in [0.717, 1.165) is 11.3 Å². The molecule has 2 bridgehead atoms. The van der Waals surface area contributed by atoms with Gasteiger partial charge < -0.3 is 4.74 Å². The van der Waals surface area contributed by atoms with Gasteiger partial charge in [-0.2, -0.15) is 0 Å². The summed E-state index contributed by atoms with van der Waals surface area (Å²) in [4.78, 5) is 37.2. The predicted molar refractivity (Wildman–Crippen MR) is 79.9 cm³/mol. The second-order valence-electron chi connectivity index (χ2n) is 6.12. The van der Waals surface area contributed by atoms with Crippen molar-refractivity contribution < 1.29 is 19.2 Å². The number of methoxy groups -OCH3 is 1. The molecule has 1 heterocycles. The van der Waals surface area contributed by atoms with Crippen LogP contribution in [0.3, 0.4) is 0 Å². The molecule has 0 aromatic heterocycles. The molecule has 2 aliphatic carbocycles. The number of allylic oxidation sites excluding steroid dienone is 2. The van der Waals surface area contributed by atoms with Crippen LogP contribution in [-0.2, 0) is 9.59 Å². The van der Waals surface area contributed by atoms with Gasteiger partial charge in [0.2, 0.25) is 11.8 Å². The van der Waals surface area contributed by atoms with E-state index >= 15 is 0 Å². The Kier molecular flexibility index (Phi) is 2.81. The van der Waals surface area contributed by atoms with E-state index in [4.69, 9.17) is 4.74 Å². The Balaban J connectivity index is 1.79. The monoisotopic (exact) mass is 314 g/mol. The minimum Gasteiger partial charge on any atom is -0.496 e. The van der Waals surface area contributed by atoms with Gasteiger partial charge in [-0.25, -0.2) is 4.90 Å². The Morgan fingerprint density at radius 2 is 1.78 bits per heavy atom. The van der Waals surface area contributed by atoms with Crippen LogP contribution in [0.4, 0.5) is 11.4 Å². The molecule has 118 valence electrons. The second kappa shape index (κ2) is 4.65. The lowest BCUT2D eigenvalue weighted by Gasteiger charge is -2.17. The van der Waals surface area contributed by atoms with Gasteiger partial charge >= 0.3 is 0 Å². The van der Waals surface area contributed by atoms with Gasteiger partial charge in [0.15, 0.2) is 0 Å². The summed E-state index contributed by atoms with van der Waals surface area (Å²) in [6.07, 6.45) is 4.80. The van der Waals surface area contributed by atoms with Crippen molar-refractivity contribution >= 4 is 23.2 Å². The van der Waals surface area contributed by atoms with Crippen LogP contribution in [0.15, 0.2) is 30.4 Å². The zero-order chi connectivity index (χ0) is 16.3. The van der Waals surface area contributed by atoms with Crippen molar-refractivity contribution in [3.8, 4) is 5.75 Å². The fourth-order valence-electron chi connectivity index (χ4n) is 4.11. The van der Waals surface area contributed by atoms with Crippen LogP contribution in [0.2, 0.25) is 0 Å². The molecule has 1 saturated heterocycles. The predicted octanol–water partition coefficient (Wildman–Crippen LogP) is 1.91. The lowest BCUT2D eigenvalue weighted by atomic mass is 9.85. The van der Waals surface area contributed by atoms with Gasteiger partial charge in [0.1, 0.15) is 11.4 Å². The third-order valence-corrected chi connectivity index (χ3v) is 5.09. The van der Waals surface area contributed by atoms with Crippen LogP contribution in [0.5, 0.6) is 5.75 Å². The van der Waals surface area contributed by atoms with E-state index in [0.29, 0.717) is 5.75 Å². The van der Waals surface area contributed by atoms with Crippen LogP contribution >= 0.6 is 0 Å². The summed E-state index contributed by atoms with van der Waals surface area (Å²) < 4.78 is 4.99. The number of benzene rings is 1. The van der Waals surface area contributed by atoms with Crippen LogP contribution in [0.25, 0.3) is 0 Å². The molecule has 7 heteroatoms. The topological polar surface area (TPSA) is 89.8 Å². The van der Waals surface area contributed by atoms with E-state index in [1.54, 1.807) is 0 Å². The van der Waals surface area contributed by atoms with Crippen molar-refractivity contribution in [2.24, 2.45) is 23.7 Å². The number of nitro groups is 1. The third kappa shape index (κ3) is 1.76. The smallest absolute Gasteiger partial charge is 0.297 e. The molecule has 23 heavy (non-hydrogen) atoms.